The number of nitrogens with one attached hydrogen (secondary N) is 1. The molecule has 0 radical (unpaired) electrons. The Kier molecular flexibility index (Phi) is 5.72. The molecule has 7 nitrogen and oxygen atoms in total. The first-order valence-corrected chi connectivity index (χ1v) is 9.36. The molecule has 2 atom stereocenters. The Morgan fingerprint density at radius 1 is 1.23 bits per heavy atom. The van der Waals surface area contributed by atoms with Crippen LogP contribution in [0.25, 0.3) is 11.5 Å². The molecule has 2 heterocycles. The van der Waals surface area contributed by atoms with E-state index in [1.165, 1.54) is 11.8 Å². The predicted molar refractivity (Wildman–Crippen MR) is 101 cm³/mol. The minimum atomic E-state index is -0.389. The summed E-state index contributed by atoms with van der Waals surface area (Å²) in [5, 5.41) is 15.2. The zero-order valence-electron chi connectivity index (χ0n) is 14.9. The Bertz CT molecular complexity index is 861. The Morgan fingerprint density at radius 3 is 2.73 bits per heavy atom. The molecule has 1 N–H and O–H groups in total. The fourth-order valence-electron chi connectivity index (χ4n) is 2.32. The smallest absolute Gasteiger partial charge is 0.277 e. The quantitative estimate of drug-likeness (QED) is 0.631. The van der Waals surface area contributed by atoms with Crippen molar-refractivity contribution in [2.45, 2.75) is 43.7 Å². The maximum atomic E-state index is 12.5. The number of amides is 1. The molecule has 3 rings (SSSR count). The molecule has 1 aromatic carbocycles. The van der Waals surface area contributed by atoms with Crippen molar-refractivity contribution in [2.24, 2.45) is 0 Å². The molecule has 0 aliphatic heterocycles. The normalized spacial score (nSPS) is 13.3. The van der Waals surface area contributed by atoms with E-state index in [-0.39, 0.29) is 17.2 Å². The minimum Gasteiger partial charge on any atom is -0.411 e. The maximum absolute atomic E-state index is 12.5. The molecule has 1 amide bonds. The van der Waals surface area contributed by atoms with E-state index in [9.17, 15) is 4.79 Å². The highest BCUT2D eigenvalue weighted by molar-refractivity contribution is 8.00. The van der Waals surface area contributed by atoms with E-state index in [1.807, 2.05) is 35.0 Å². The van der Waals surface area contributed by atoms with E-state index >= 15 is 0 Å². The molecule has 8 heteroatoms. The van der Waals surface area contributed by atoms with Crippen molar-refractivity contribution in [3.8, 4) is 11.5 Å². The first-order valence-electron chi connectivity index (χ1n) is 8.48. The molecule has 0 saturated carbocycles. The van der Waals surface area contributed by atoms with Crippen molar-refractivity contribution in [1.29, 1.82) is 0 Å². The van der Waals surface area contributed by atoms with Crippen LogP contribution in [0.15, 0.2) is 52.2 Å². The number of hydrogen-bond donors (Lipinski definition) is 1. The van der Waals surface area contributed by atoms with Gasteiger partial charge in [0, 0.05) is 11.6 Å². The average Bonchev–Trinajstić information content (AvgIpc) is 3.31. The van der Waals surface area contributed by atoms with Gasteiger partial charge in [-0.3, -0.25) is 4.79 Å². The SMILES string of the molecule is CC[C@@H](C)n1nccc1NC(=O)[C@H](C)Sc1nnc(-c2ccccc2)o1. The van der Waals surface area contributed by atoms with Crippen molar-refractivity contribution < 1.29 is 9.21 Å². The fraction of sp³-hybridized carbons (Fsp3) is 0.333. The Balaban J connectivity index is 1.63. The lowest BCUT2D eigenvalue weighted by Crippen LogP contribution is -2.24. The number of rotatable bonds is 7. The minimum absolute atomic E-state index is 0.139. The van der Waals surface area contributed by atoms with Gasteiger partial charge in [-0.1, -0.05) is 36.9 Å². The Labute approximate surface area is 156 Å². The lowest BCUT2D eigenvalue weighted by molar-refractivity contribution is -0.115. The zero-order valence-corrected chi connectivity index (χ0v) is 15.7. The van der Waals surface area contributed by atoms with Crippen LogP contribution in [-0.4, -0.2) is 31.1 Å². The van der Waals surface area contributed by atoms with Crippen LogP contribution >= 0.6 is 11.8 Å². The summed E-state index contributed by atoms with van der Waals surface area (Å²) < 4.78 is 7.46. The summed E-state index contributed by atoms with van der Waals surface area (Å²) in [5.41, 5.74) is 0.849. The molecule has 0 spiro atoms. The number of carbonyl (C=O) groups excluding carboxylic acids is 1. The lowest BCUT2D eigenvalue weighted by Gasteiger charge is -2.15. The second-order valence-electron chi connectivity index (χ2n) is 5.91. The van der Waals surface area contributed by atoms with E-state index in [0.29, 0.717) is 16.9 Å². The molecule has 3 aromatic rings. The van der Waals surface area contributed by atoms with Crippen molar-refractivity contribution >= 4 is 23.5 Å². The van der Waals surface area contributed by atoms with Gasteiger partial charge in [-0.2, -0.15) is 5.10 Å². The monoisotopic (exact) mass is 371 g/mol. The van der Waals surface area contributed by atoms with Crippen molar-refractivity contribution in [1.82, 2.24) is 20.0 Å². The molecule has 136 valence electrons. The van der Waals surface area contributed by atoms with E-state index in [4.69, 9.17) is 4.42 Å². The first-order chi connectivity index (χ1) is 12.6. The largest absolute Gasteiger partial charge is 0.411 e. The van der Waals surface area contributed by atoms with Crippen molar-refractivity contribution in [3.05, 3.63) is 42.6 Å². The average molecular weight is 371 g/mol. The fourth-order valence-corrected chi connectivity index (χ4v) is 3.01. The van der Waals surface area contributed by atoms with Gasteiger partial charge in [0.05, 0.1) is 17.5 Å². The number of aromatic nitrogens is 4. The molecule has 0 bridgehead atoms. The summed E-state index contributed by atoms with van der Waals surface area (Å²) in [6.07, 6.45) is 2.61. The van der Waals surface area contributed by atoms with E-state index < -0.39 is 0 Å². The Hall–Kier alpha value is -2.61. The summed E-state index contributed by atoms with van der Waals surface area (Å²) in [7, 11) is 0. The molecule has 0 aliphatic carbocycles. The summed E-state index contributed by atoms with van der Waals surface area (Å²) >= 11 is 1.23. The summed E-state index contributed by atoms with van der Waals surface area (Å²) in [5.74, 6) is 0.988. The first kappa shape index (κ1) is 18.2. The second kappa shape index (κ2) is 8.18. The number of benzene rings is 1. The van der Waals surface area contributed by atoms with Crippen molar-refractivity contribution in [3.63, 3.8) is 0 Å². The van der Waals surface area contributed by atoms with Gasteiger partial charge in [0.2, 0.25) is 11.8 Å². The topological polar surface area (TPSA) is 85.8 Å². The number of hydrogen-bond acceptors (Lipinski definition) is 6. The highest BCUT2D eigenvalue weighted by Gasteiger charge is 2.20. The predicted octanol–water partition coefficient (Wildman–Crippen LogP) is 4.02. The third kappa shape index (κ3) is 4.13. The van der Waals surface area contributed by atoms with Crippen LogP contribution in [0.4, 0.5) is 5.82 Å². The number of anilines is 1. The summed E-state index contributed by atoms with van der Waals surface area (Å²) in [6.45, 7) is 5.94. The highest BCUT2D eigenvalue weighted by atomic mass is 32.2. The molecule has 0 aliphatic rings. The van der Waals surface area contributed by atoms with Gasteiger partial charge in [0.1, 0.15) is 5.82 Å². The van der Waals surface area contributed by atoms with Crippen LogP contribution in [0.1, 0.15) is 33.2 Å². The zero-order chi connectivity index (χ0) is 18.5. The second-order valence-corrected chi connectivity index (χ2v) is 7.20. The molecular weight excluding hydrogens is 350 g/mol. The van der Waals surface area contributed by atoms with Crippen LogP contribution in [0.2, 0.25) is 0 Å². The van der Waals surface area contributed by atoms with E-state index in [1.54, 1.807) is 19.2 Å². The standard InChI is InChI=1S/C18H21N5O2S/c1-4-12(2)23-15(10-11-19-23)20-16(24)13(3)26-18-22-21-17(25-18)14-8-6-5-7-9-14/h5-13H,4H2,1-3H3,(H,20,24)/t12-,13+/m1/s1. The van der Waals surface area contributed by atoms with Crippen LogP contribution in [0.3, 0.4) is 0 Å². The molecule has 26 heavy (non-hydrogen) atoms. The van der Waals surface area contributed by atoms with Crippen LogP contribution in [-0.2, 0) is 4.79 Å². The van der Waals surface area contributed by atoms with Crippen molar-refractivity contribution in [2.75, 3.05) is 5.32 Å². The van der Waals surface area contributed by atoms with Crippen LogP contribution < -0.4 is 5.32 Å². The summed E-state index contributed by atoms with van der Waals surface area (Å²) in [4.78, 5) is 12.5. The van der Waals surface area contributed by atoms with Gasteiger partial charge in [0.25, 0.3) is 5.22 Å². The van der Waals surface area contributed by atoms with E-state index in [0.717, 1.165) is 12.0 Å². The molecule has 0 unspecified atom stereocenters. The lowest BCUT2D eigenvalue weighted by atomic mass is 10.2. The maximum Gasteiger partial charge on any atom is 0.277 e. The third-order valence-corrected chi connectivity index (χ3v) is 4.94. The molecular formula is C18H21N5O2S. The van der Waals surface area contributed by atoms with Crippen LogP contribution in [0.5, 0.6) is 0 Å². The van der Waals surface area contributed by atoms with Gasteiger partial charge in [-0.05, 0) is 32.4 Å². The third-order valence-electron chi connectivity index (χ3n) is 4.00. The van der Waals surface area contributed by atoms with Gasteiger partial charge < -0.3 is 9.73 Å². The molecule has 0 fully saturated rings. The Morgan fingerprint density at radius 2 is 2.00 bits per heavy atom. The number of nitrogens with zero attached hydrogens (tertiary/aromatic N) is 4. The van der Waals surface area contributed by atoms with Gasteiger partial charge in [0.15, 0.2) is 0 Å². The van der Waals surface area contributed by atoms with Gasteiger partial charge >= 0.3 is 0 Å². The van der Waals surface area contributed by atoms with Crippen LogP contribution in [0, 0.1) is 0 Å². The highest BCUT2D eigenvalue weighted by Crippen LogP contribution is 2.27. The number of thioether (sulfide) groups is 1. The van der Waals surface area contributed by atoms with Gasteiger partial charge in [-0.25, -0.2) is 4.68 Å². The number of carbonyl (C=O) groups is 1. The summed E-state index contributed by atoms with van der Waals surface area (Å²) in [6, 6.07) is 11.5. The molecule has 0 saturated heterocycles. The molecule has 2 aromatic heterocycles. The van der Waals surface area contributed by atoms with Gasteiger partial charge in [-0.15, -0.1) is 10.2 Å². The van der Waals surface area contributed by atoms with E-state index in [2.05, 4.69) is 34.5 Å².